The summed E-state index contributed by atoms with van der Waals surface area (Å²) < 4.78 is 42.1. The van der Waals surface area contributed by atoms with Gasteiger partial charge in [-0.15, -0.1) is 0 Å². The number of nitrogens with zero attached hydrogens (tertiary/aromatic N) is 5. The summed E-state index contributed by atoms with van der Waals surface area (Å²) in [5.74, 6) is -0.691. The number of anilines is 2. The molecular weight excluding hydrogens is 487 g/mol. The highest BCUT2D eigenvalue weighted by molar-refractivity contribution is 6.00. The minimum Gasteiger partial charge on any atom is -0.387 e. The fourth-order valence-corrected chi connectivity index (χ4v) is 3.46. The normalized spacial score (nSPS) is 12.4. The lowest BCUT2D eigenvalue weighted by molar-refractivity contribution is -0.00177. The number of hydrogen-bond acceptors (Lipinski definition) is 7. The smallest absolute Gasteiger partial charge is 0.265 e. The monoisotopic (exact) mass is 509 g/mol. The average molecular weight is 509 g/mol. The molecule has 0 saturated heterocycles. The number of halogens is 3. The fourth-order valence-electron chi connectivity index (χ4n) is 3.46. The lowest BCUT2D eigenvalue weighted by Crippen LogP contribution is -2.42. The molecule has 0 aliphatic heterocycles. The third kappa shape index (κ3) is 5.68. The summed E-state index contributed by atoms with van der Waals surface area (Å²) in [6, 6.07) is 9.86. The highest BCUT2D eigenvalue weighted by Gasteiger charge is 2.27. The van der Waals surface area contributed by atoms with Crippen molar-refractivity contribution in [1.29, 1.82) is 5.26 Å². The first-order valence-corrected chi connectivity index (χ1v) is 11.1. The van der Waals surface area contributed by atoms with E-state index < -0.39 is 30.7 Å². The second-order valence-corrected chi connectivity index (χ2v) is 8.79. The molecule has 0 radical (unpaired) electrons. The molecule has 0 spiro atoms. The SMILES string of the molecule is CC(C)(O)C(F)CNC(=O)c1cnc(-c2ccc3cc(C#N)cnn23)cc1Nc1cncc(C(F)F)c1. The molecule has 1 atom stereocenters. The van der Waals surface area contributed by atoms with Crippen molar-refractivity contribution >= 4 is 22.8 Å². The molecule has 1 unspecified atom stereocenters. The maximum absolute atomic E-state index is 14.2. The van der Waals surface area contributed by atoms with Gasteiger partial charge >= 0.3 is 0 Å². The molecule has 3 N–H and O–H groups in total. The van der Waals surface area contributed by atoms with Crippen molar-refractivity contribution in [3.05, 3.63) is 71.8 Å². The number of hydrogen-bond donors (Lipinski definition) is 3. The molecule has 4 aromatic heterocycles. The van der Waals surface area contributed by atoms with Gasteiger partial charge in [-0.3, -0.25) is 14.8 Å². The largest absolute Gasteiger partial charge is 0.387 e. The molecule has 0 bridgehead atoms. The topological polar surface area (TPSA) is 128 Å². The number of nitriles is 1. The van der Waals surface area contributed by atoms with E-state index in [0.29, 0.717) is 22.5 Å². The Morgan fingerprint density at radius 3 is 2.65 bits per heavy atom. The van der Waals surface area contributed by atoms with Crippen LogP contribution in [0.3, 0.4) is 0 Å². The number of fused-ring (bicyclic) bond motifs is 1. The van der Waals surface area contributed by atoms with Gasteiger partial charge in [0.25, 0.3) is 12.3 Å². The van der Waals surface area contributed by atoms with Crippen molar-refractivity contribution in [2.24, 2.45) is 0 Å². The second-order valence-electron chi connectivity index (χ2n) is 8.79. The maximum atomic E-state index is 14.2. The Morgan fingerprint density at radius 1 is 1.16 bits per heavy atom. The van der Waals surface area contributed by atoms with E-state index in [2.05, 4.69) is 25.7 Å². The van der Waals surface area contributed by atoms with Crippen LogP contribution < -0.4 is 10.6 Å². The molecule has 12 heteroatoms. The molecular formula is C25H22F3N7O2. The minimum atomic E-state index is -2.75. The predicted molar refractivity (Wildman–Crippen MR) is 129 cm³/mol. The standard InChI is InChI=1S/C25H22F3N7O2/c1-25(2,37)22(26)13-32-24(36)18-12-31-20(21-4-3-17-5-14(8-29)9-33-35(17)21)7-19(18)34-16-6-15(23(27)28)10-30-11-16/h3-7,9-12,22-23,37H,13H2,1-2H3,(H,31,34)(H,32,36). The van der Waals surface area contributed by atoms with Gasteiger partial charge < -0.3 is 15.7 Å². The Labute approximate surface area is 209 Å². The zero-order valence-corrected chi connectivity index (χ0v) is 19.8. The van der Waals surface area contributed by atoms with E-state index in [1.807, 2.05) is 6.07 Å². The molecule has 37 heavy (non-hydrogen) atoms. The Bertz CT molecular complexity index is 1490. The van der Waals surface area contributed by atoms with Crippen molar-refractivity contribution in [1.82, 2.24) is 24.9 Å². The molecule has 4 heterocycles. The highest BCUT2D eigenvalue weighted by Crippen LogP contribution is 2.29. The van der Waals surface area contributed by atoms with Crippen LogP contribution in [0.1, 0.15) is 41.8 Å². The number of carbonyl (C=O) groups is 1. The molecule has 0 fully saturated rings. The molecule has 1 amide bonds. The van der Waals surface area contributed by atoms with Gasteiger partial charge in [0.05, 0.1) is 63.9 Å². The number of rotatable bonds is 8. The van der Waals surface area contributed by atoms with Gasteiger partial charge in [0.2, 0.25) is 0 Å². The molecule has 0 saturated carbocycles. The van der Waals surface area contributed by atoms with E-state index in [4.69, 9.17) is 5.26 Å². The Balaban J connectivity index is 1.73. The Kier molecular flexibility index (Phi) is 7.08. The van der Waals surface area contributed by atoms with Crippen LogP contribution in [0.25, 0.3) is 16.9 Å². The third-order valence-corrected chi connectivity index (χ3v) is 5.54. The zero-order chi connectivity index (χ0) is 26.7. The summed E-state index contributed by atoms with van der Waals surface area (Å²) in [4.78, 5) is 21.1. The van der Waals surface area contributed by atoms with Crippen molar-refractivity contribution in [3.8, 4) is 17.5 Å². The lowest BCUT2D eigenvalue weighted by atomic mass is 10.0. The van der Waals surface area contributed by atoms with Crippen molar-refractivity contribution < 1.29 is 23.1 Å². The van der Waals surface area contributed by atoms with E-state index in [-0.39, 0.29) is 22.5 Å². The zero-order valence-electron chi connectivity index (χ0n) is 19.8. The molecule has 190 valence electrons. The van der Waals surface area contributed by atoms with Crippen molar-refractivity contribution in [2.45, 2.75) is 32.0 Å². The van der Waals surface area contributed by atoms with Crippen molar-refractivity contribution in [3.63, 3.8) is 0 Å². The van der Waals surface area contributed by atoms with Crippen LogP contribution in [-0.2, 0) is 0 Å². The second kappa shape index (κ2) is 10.2. The summed E-state index contributed by atoms with van der Waals surface area (Å²) in [6.45, 7) is 2.11. The third-order valence-electron chi connectivity index (χ3n) is 5.54. The van der Waals surface area contributed by atoms with Gasteiger partial charge in [-0.25, -0.2) is 17.7 Å². The quantitative estimate of drug-likeness (QED) is 0.325. The first-order chi connectivity index (χ1) is 17.6. The number of alkyl halides is 3. The number of pyridine rings is 2. The Morgan fingerprint density at radius 2 is 1.95 bits per heavy atom. The molecule has 9 nitrogen and oxygen atoms in total. The molecule has 4 aromatic rings. The number of aromatic nitrogens is 4. The van der Waals surface area contributed by atoms with Gasteiger partial charge in [0.1, 0.15) is 12.2 Å². The van der Waals surface area contributed by atoms with Crippen LogP contribution in [0.15, 0.2) is 55.1 Å². The van der Waals surface area contributed by atoms with Crippen LogP contribution >= 0.6 is 0 Å². The maximum Gasteiger partial charge on any atom is 0.265 e. The summed E-state index contributed by atoms with van der Waals surface area (Å²) in [6.07, 6.45) is 0.533. The molecule has 0 aromatic carbocycles. The van der Waals surface area contributed by atoms with Crippen LogP contribution in [0, 0.1) is 11.3 Å². The van der Waals surface area contributed by atoms with Crippen LogP contribution in [-0.4, -0.2) is 48.9 Å². The van der Waals surface area contributed by atoms with E-state index in [9.17, 15) is 23.1 Å². The number of aliphatic hydroxyl groups is 1. The summed E-state index contributed by atoms with van der Waals surface area (Å²) in [5, 5.41) is 28.5. The minimum absolute atomic E-state index is 0.00901. The first kappa shape index (κ1) is 25.6. The first-order valence-electron chi connectivity index (χ1n) is 11.1. The van der Waals surface area contributed by atoms with Crippen LogP contribution in [0.5, 0.6) is 0 Å². The number of carbonyl (C=O) groups excluding carboxylic acids is 1. The summed E-state index contributed by atoms with van der Waals surface area (Å²) >= 11 is 0. The molecule has 0 aliphatic carbocycles. The summed E-state index contributed by atoms with van der Waals surface area (Å²) in [7, 11) is 0. The van der Waals surface area contributed by atoms with E-state index in [1.54, 1.807) is 22.7 Å². The van der Waals surface area contributed by atoms with Gasteiger partial charge in [0.15, 0.2) is 0 Å². The number of amides is 1. The molecule has 0 aliphatic rings. The van der Waals surface area contributed by atoms with Gasteiger partial charge in [0, 0.05) is 18.0 Å². The number of nitrogens with one attached hydrogen (secondary N) is 2. The van der Waals surface area contributed by atoms with Crippen LogP contribution in [0.4, 0.5) is 24.5 Å². The fraction of sp³-hybridized carbons (Fsp3) is 0.240. The lowest BCUT2D eigenvalue weighted by Gasteiger charge is -2.22. The summed E-state index contributed by atoms with van der Waals surface area (Å²) in [5.41, 5.74) is 0.365. The van der Waals surface area contributed by atoms with Crippen LogP contribution in [0.2, 0.25) is 0 Å². The van der Waals surface area contributed by atoms with Gasteiger partial charge in [-0.05, 0) is 44.2 Å². The van der Waals surface area contributed by atoms with E-state index in [1.165, 1.54) is 44.6 Å². The Hall–Kier alpha value is -4.50. The van der Waals surface area contributed by atoms with Gasteiger partial charge in [-0.1, -0.05) is 0 Å². The van der Waals surface area contributed by atoms with Crippen molar-refractivity contribution in [2.75, 3.05) is 11.9 Å². The van der Waals surface area contributed by atoms with Gasteiger partial charge in [-0.2, -0.15) is 10.4 Å². The van der Waals surface area contributed by atoms with E-state index in [0.717, 1.165) is 6.20 Å². The molecule has 4 rings (SSSR count). The average Bonchev–Trinajstić information content (AvgIpc) is 3.29. The van der Waals surface area contributed by atoms with E-state index >= 15 is 0 Å². The highest BCUT2D eigenvalue weighted by atomic mass is 19.3. The predicted octanol–water partition coefficient (Wildman–Crippen LogP) is 4.18.